The van der Waals surface area contributed by atoms with Gasteiger partial charge in [-0.15, -0.1) is 0 Å². The molecule has 2 heterocycles. The number of aromatic nitrogens is 4. The number of aryl methyl sites for hydroxylation is 4. The van der Waals surface area contributed by atoms with Crippen LogP contribution < -0.4 is 10.2 Å². The van der Waals surface area contributed by atoms with Crippen molar-refractivity contribution in [1.29, 1.82) is 0 Å². The molecule has 7 nitrogen and oxygen atoms in total. The van der Waals surface area contributed by atoms with Crippen LogP contribution in [0.5, 0.6) is 0 Å². The van der Waals surface area contributed by atoms with Crippen molar-refractivity contribution in [3.63, 3.8) is 0 Å². The topological polar surface area (TPSA) is 78.8 Å². The molecule has 30 heavy (non-hydrogen) atoms. The average Bonchev–Trinajstić information content (AvgIpc) is 3.29. The van der Waals surface area contributed by atoms with Crippen molar-refractivity contribution >= 4 is 28.2 Å². The molecule has 2 N–H and O–H groups in total. The normalized spacial score (nSPS) is 11.1. The second kappa shape index (κ2) is 7.33. The standard InChI is InChI=1S/C23H26N6O/c1-13-9-20-19(22(27-26-20)16-11-24-29(6)12-16)10-18(13)23(30)25-21-14(2)7-17(28(4)5)8-15(21)3/h7-12H,1-6H3,(H,25,30)(H,26,27). The van der Waals surface area contributed by atoms with Crippen molar-refractivity contribution < 1.29 is 4.79 Å². The molecule has 0 spiro atoms. The Kier molecular flexibility index (Phi) is 4.81. The Bertz CT molecular complexity index is 1240. The Morgan fingerprint density at radius 1 is 1.07 bits per heavy atom. The predicted octanol–water partition coefficient (Wildman–Crippen LogP) is 4.21. The van der Waals surface area contributed by atoms with Gasteiger partial charge in [0.1, 0.15) is 5.69 Å². The minimum atomic E-state index is -0.128. The van der Waals surface area contributed by atoms with Crippen LogP contribution in [-0.2, 0) is 7.05 Å². The molecule has 0 fully saturated rings. The summed E-state index contributed by atoms with van der Waals surface area (Å²) in [7, 11) is 5.89. The molecule has 4 rings (SSSR count). The van der Waals surface area contributed by atoms with Gasteiger partial charge in [-0.05, 0) is 61.7 Å². The first kappa shape index (κ1) is 19.7. The second-order valence-electron chi connectivity index (χ2n) is 7.99. The van der Waals surface area contributed by atoms with E-state index in [1.54, 1.807) is 10.9 Å². The first-order chi connectivity index (χ1) is 14.2. The fraction of sp³-hybridized carbons (Fsp3) is 0.261. The lowest BCUT2D eigenvalue weighted by molar-refractivity contribution is 0.102. The summed E-state index contributed by atoms with van der Waals surface area (Å²) < 4.78 is 1.74. The van der Waals surface area contributed by atoms with E-state index in [1.807, 2.05) is 60.2 Å². The molecule has 154 valence electrons. The predicted molar refractivity (Wildman–Crippen MR) is 121 cm³/mol. The average molecular weight is 403 g/mol. The highest BCUT2D eigenvalue weighted by Gasteiger charge is 2.17. The molecule has 0 saturated carbocycles. The van der Waals surface area contributed by atoms with Gasteiger partial charge in [-0.3, -0.25) is 14.6 Å². The fourth-order valence-corrected chi connectivity index (χ4v) is 3.76. The van der Waals surface area contributed by atoms with Crippen LogP contribution in [-0.4, -0.2) is 40.0 Å². The molecule has 0 saturated heterocycles. The van der Waals surface area contributed by atoms with Gasteiger partial charge in [0, 0.05) is 55.2 Å². The Balaban J connectivity index is 1.73. The van der Waals surface area contributed by atoms with Gasteiger partial charge in [-0.1, -0.05) is 0 Å². The van der Waals surface area contributed by atoms with E-state index in [-0.39, 0.29) is 5.91 Å². The van der Waals surface area contributed by atoms with E-state index in [9.17, 15) is 4.79 Å². The summed E-state index contributed by atoms with van der Waals surface area (Å²) in [5.74, 6) is -0.128. The third kappa shape index (κ3) is 3.43. The van der Waals surface area contributed by atoms with Crippen molar-refractivity contribution in [2.24, 2.45) is 7.05 Å². The first-order valence-electron chi connectivity index (χ1n) is 9.82. The molecule has 0 radical (unpaired) electrons. The zero-order chi connectivity index (χ0) is 21.6. The molecular formula is C23H26N6O. The highest BCUT2D eigenvalue weighted by atomic mass is 16.1. The van der Waals surface area contributed by atoms with Crippen molar-refractivity contribution in [2.45, 2.75) is 20.8 Å². The number of hydrogen-bond acceptors (Lipinski definition) is 4. The third-order valence-corrected chi connectivity index (χ3v) is 5.40. The van der Waals surface area contributed by atoms with Crippen molar-refractivity contribution in [2.75, 3.05) is 24.3 Å². The molecule has 0 aliphatic rings. The maximum atomic E-state index is 13.2. The number of anilines is 2. The number of amides is 1. The lowest BCUT2D eigenvalue weighted by atomic mass is 10.0. The number of H-pyrrole nitrogens is 1. The molecule has 0 aliphatic heterocycles. The number of rotatable bonds is 4. The Labute approximate surface area is 175 Å². The van der Waals surface area contributed by atoms with E-state index in [4.69, 9.17) is 0 Å². The third-order valence-electron chi connectivity index (χ3n) is 5.40. The molecular weight excluding hydrogens is 376 g/mol. The lowest BCUT2D eigenvalue weighted by Crippen LogP contribution is -2.16. The first-order valence-corrected chi connectivity index (χ1v) is 9.82. The largest absolute Gasteiger partial charge is 0.378 e. The molecule has 0 aliphatic carbocycles. The molecule has 4 aromatic rings. The van der Waals surface area contributed by atoms with E-state index in [0.717, 1.165) is 50.2 Å². The van der Waals surface area contributed by atoms with Crippen LogP contribution in [0.2, 0.25) is 0 Å². The molecule has 1 amide bonds. The van der Waals surface area contributed by atoms with Gasteiger partial charge in [0.25, 0.3) is 5.91 Å². The van der Waals surface area contributed by atoms with Crippen LogP contribution in [0.25, 0.3) is 22.2 Å². The monoisotopic (exact) mass is 402 g/mol. The summed E-state index contributed by atoms with van der Waals surface area (Å²) in [4.78, 5) is 15.3. The van der Waals surface area contributed by atoms with Gasteiger partial charge in [-0.25, -0.2) is 0 Å². The van der Waals surface area contributed by atoms with Crippen LogP contribution in [0.1, 0.15) is 27.0 Å². The van der Waals surface area contributed by atoms with E-state index in [0.29, 0.717) is 5.56 Å². The number of hydrogen-bond donors (Lipinski definition) is 2. The minimum Gasteiger partial charge on any atom is -0.378 e. The van der Waals surface area contributed by atoms with Crippen molar-refractivity contribution in [3.05, 3.63) is 58.9 Å². The smallest absolute Gasteiger partial charge is 0.255 e. The van der Waals surface area contributed by atoms with Crippen molar-refractivity contribution in [1.82, 2.24) is 20.0 Å². The molecule has 0 bridgehead atoms. The molecule has 2 aromatic heterocycles. The number of benzene rings is 2. The van der Waals surface area contributed by atoms with Crippen LogP contribution in [0.3, 0.4) is 0 Å². The fourth-order valence-electron chi connectivity index (χ4n) is 3.76. The molecule has 7 heteroatoms. The number of carbonyl (C=O) groups is 1. The van der Waals surface area contributed by atoms with E-state index >= 15 is 0 Å². The van der Waals surface area contributed by atoms with Crippen LogP contribution in [0.15, 0.2) is 36.7 Å². The second-order valence-corrected chi connectivity index (χ2v) is 7.99. The summed E-state index contributed by atoms with van der Waals surface area (Å²) in [6.45, 7) is 5.97. The highest BCUT2D eigenvalue weighted by Crippen LogP contribution is 2.30. The minimum absolute atomic E-state index is 0.128. The zero-order valence-electron chi connectivity index (χ0n) is 18.2. The summed E-state index contributed by atoms with van der Waals surface area (Å²) in [5, 5.41) is 15.8. The van der Waals surface area contributed by atoms with Gasteiger partial charge < -0.3 is 10.2 Å². The molecule has 0 unspecified atom stereocenters. The quantitative estimate of drug-likeness (QED) is 0.536. The number of carbonyl (C=O) groups excluding carboxylic acids is 1. The SMILES string of the molecule is Cc1cc2[nH]nc(-c3cnn(C)c3)c2cc1C(=O)Nc1c(C)cc(N(C)C)cc1C. The van der Waals surface area contributed by atoms with Crippen molar-refractivity contribution in [3.8, 4) is 11.3 Å². The van der Waals surface area contributed by atoms with Gasteiger partial charge in [0.2, 0.25) is 0 Å². The Morgan fingerprint density at radius 2 is 1.77 bits per heavy atom. The van der Waals surface area contributed by atoms with Gasteiger partial charge in [-0.2, -0.15) is 10.2 Å². The van der Waals surface area contributed by atoms with Gasteiger partial charge in [0.05, 0.1) is 11.7 Å². The molecule has 0 atom stereocenters. The number of fused-ring (bicyclic) bond motifs is 1. The highest BCUT2D eigenvalue weighted by molar-refractivity contribution is 6.09. The van der Waals surface area contributed by atoms with E-state index < -0.39 is 0 Å². The zero-order valence-corrected chi connectivity index (χ0v) is 18.2. The van der Waals surface area contributed by atoms with Gasteiger partial charge in [0.15, 0.2) is 0 Å². The number of aromatic amines is 1. The maximum Gasteiger partial charge on any atom is 0.255 e. The summed E-state index contributed by atoms with van der Waals surface area (Å²) in [6.07, 6.45) is 3.68. The molecule has 2 aromatic carbocycles. The van der Waals surface area contributed by atoms with Crippen LogP contribution >= 0.6 is 0 Å². The summed E-state index contributed by atoms with van der Waals surface area (Å²) in [6, 6.07) is 8.03. The number of nitrogens with one attached hydrogen (secondary N) is 2. The Hall–Kier alpha value is -3.61. The van der Waals surface area contributed by atoms with Crippen LogP contribution in [0, 0.1) is 20.8 Å². The van der Waals surface area contributed by atoms with E-state index in [1.165, 1.54) is 0 Å². The summed E-state index contributed by atoms with van der Waals surface area (Å²) >= 11 is 0. The maximum absolute atomic E-state index is 13.2. The van der Waals surface area contributed by atoms with E-state index in [2.05, 4.69) is 37.6 Å². The van der Waals surface area contributed by atoms with Gasteiger partial charge >= 0.3 is 0 Å². The van der Waals surface area contributed by atoms with Crippen LogP contribution in [0.4, 0.5) is 11.4 Å². The number of nitrogens with zero attached hydrogens (tertiary/aromatic N) is 4. The summed E-state index contributed by atoms with van der Waals surface area (Å²) in [5.41, 5.74) is 8.14. The Morgan fingerprint density at radius 3 is 2.37 bits per heavy atom. The lowest BCUT2D eigenvalue weighted by Gasteiger charge is -2.18.